The molecule has 1 aromatic heterocycles. The van der Waals surface area contributed by atoms with E-state index in [1.54, 1.807) is 0 Å². The summed E-state index contributed by atoms with van der Waals surface area (Å²) in [4.78, 5) is 39.6. The van der Waals surface area contributed by atoms with E-state index in [-0.39, 0.29) is 30.8 Å². The molecular weight excluding hydrogens is 376 g/mol. The van der Waals surface area contributed by atoms with Crippen LogP contribution >= 0.6 is 11.3 Å². The minimum absolute atomic E-state index is 0.145. The molecule has 1 saturated carbocycles. The minimum atomic E-state index is -0.697. The Kier molecular flexibility index (Phi) is 5.11. The monoisotopic (exact) mass is 400 g/mol. The number of hydrogen-bond acceptors (Lipinski definition) is 5. The lowest BCUT2D eigenvalue weighted by Gasteiger charge is -2.19. The van der Waals surface area contributed by atoms with Crippen molar-refractivity contribution in [3.63, 3.8) is 0 Å². The standard InChI is InChI=1S/C20H24N4O3S/c21-12-14-13-6-1-2-7-15(13)28-17(14)22-16(25)8-5-11-24-18(26)20(23-19(24)27)9-3-4-10-20/h1-11H2,(H,22,25)(H,23,27). The predicted molar refractivity (Wildman–Crippen MR) is 105 cm³/mol. The lowest BCUT2D eigenvalue weighted by atomic mass is 9.96. The molecule has 0 radical (unpaired) electrons. The molecule has 0 unspecified atom stereocenters. The Bertz CT molecular complexity index is 864. The van der Waals surface area contributed by atoms with E-state index in [9.17, 15) is 19.6 Å². The Hall–Kier alpha value is -2.40. The fraction of sp³-hybridized carbons (Fsp3) is 0.600. The molecule has 2 aliphatic carbocycles. The van der Waals surface area contributed by atoms with Crippen LogP contribution in [0, 0.1) is 11.3 Å². The molecule has 1 saturated heterocycles. The van der Waals surface area contributed by atoms with Crippen LogP contribution in [0.2, 0.25) is 0 Å². The van der Waals surface area contributed by atoms with Crippen molar-refractivity contribution in [3.8, 4) is 6.07 Å². The van der Waals surface area contributed by atoms with Gasteiger partial charge in [-0.15, -0.1) is 11.3 Å². The Morgan fingerprint density at radius 2 is 1.96 bits per heavy atom. The second-order valence-corrected chi connectivity index (χ2v) is 8.96. The van der Waals surface area contributed by atoms with Gasteiger partial charge in [-0.3, -0.25) is 14.5 Å². The second-order valence-electron chi connectivity index (χ2n) is 7.85. The van der Waals surface area contributed by atoms with Crippen LogP contribution in [0.5, 0.6) is 0 Å². The molecule has 2 heterocycles. The van der Waals surface area contributed by atoms with E-state index in [0.717, 1.165) is 44.1 Å². The number of hydrogen-bond donors (Lipinski definition) is 2. The number of urea groups is 1. The number of nitrogens with zero attached hydrogens (tertiary/aromatic N) is 2. The number of anilines is 1. The number of carbonyl (C=O) groups excluding carboxylic acids is 3. The first-order valence-corrected chi connectivity index (χ1v) is 10.8. The molecule has 1 aromatic rings. The highest BCUT2D eigenvalue weighted by Gasteiger charge is 2.52. The van der Waals surface area contributed by atoms with Gasteiger partial charge in [0, 0.05) is 17.8 Å². The van der Waals surface area contributed by atoms with Gasteiger partial charge in [0.25, 0.3) is 5.91 Å². The largest absolute Gasteiger partial charge is 0.325 e. The Morgan fingerprint density at radius 1 is 1.21 bits per heavy atom. The van der Waals surface area contributed by atoms with Gasteiger partial charge >= 0.3 is 6.03 Å². The number of thiophene rings is 1. The molecular formula is C20H24N4O3S. The van der Waals surface area contributed by atoms with E-state index in [2.05, 4.69) is 16.7 Å². The molecule has 3 aliphatic rings. The fourth-order valence-corrected chi connectivity index (χ4v) is 5.81. The number of imide groups is 1. The van der Waals surface area contributed by atoms with E-state index in [4.69, 9.17) is 0 Å². The highest BCUT2D eigenvalue weighted by Crippen LogP contribution is 2.38. The maximum Gasteiger partial charge on any atom is 0.325 e. The zero-order valence-corrected chi connectivity index (χ0v) is 16.6. The summed E-state index contributed by atoms with van der Waals surface area (Å²) in [7, 11) is 0. The van der Waals surface area contributed by atoms with Crippen LogP contribution in [0.3, 0.4) is 0 Å². The normalized spacial score (nSPS) is 20.2. The van der Waals surface area contributed by atoms with Crippen molar-refractivity contribution in [1.29, 1.82) is 5.26 Å². The van der Waals surface area contributed by atoms with E-state index >= 15 is 0 Å². The molecule has 148 valence electrons. The summed E-state index contributed by atoms with van der Waals surface area (Å²) in [6.45, 7) is 0.242. The van der Waals surface area contributed by atoms with Crippen molar-refractivity contribution in [2.45, 2.75) is 69.7 Å². The average Bonchev–Trinajstić information content (AvgIpc) is 3.34. The van der Waals surface area contributed by atoms with Crippen molar-refractivity contribution >= 4 is 34.2 Å². The minimum Gasteiger partial charge on any atom is -0.323 e. The number of fused-ring (bicyclic) bond motifs is 1. The molecule has 2 fully saturated rings. The molecule has 0 atom stereocenters. The molecule has 4 amide bonds. The Morgan fingerprint density at radius 3 is 2.71 bits per heavy atom. The number of amides is 4. The molecule has 1 aliphatic heterocycles. The van der Waals surface area contributed by atoms with Gasteiger partial charge in [-0.05, 0) is 50.5 Å². The fourth-order valence-electron chi connectivity index (χ4n) is 4.56. The molecule has 1 spiro atoms. The highest BCUT2D eigenvalue weighted by molar-refractivity contribution is 7.16. The Labute approximate surface area is 168 Å². The van der Waals surface area contributed by atoms with Crippen LogP contribution in [0.4, 0.5) is 9.80 Å². The summed E-state index contributed by atoms with van der Waals surface area (Å²) < 4.78 is 0. The number of rotatable bonds is 5. The van der Waals surface area contributed by atoms with Crippen LogP contribution < -0.4 is 10.6 Å². The molecule has 0 bridgehead atoms. The highest BCUT2D eigenvalue weighted by atomic mass is 32.1. The number of nitriles is 1. The van der Waals surface area contributed by atoms with Crippen molar-refractivity contribution in [1.82, 2.24) is 10.2 Å². The van der Waals surface area contributed by atoms with Gasteiger partial charge in [-0.1, -0.05) is 12.8 Å². The summed E-state index contributed by atoms with van der Waals surface area (Å²) in [5, 5.41) is 15.8. The maximum absolute atomic E-state index is 12.6. The number of nitrogens with one attached hydrogen (secondary N) is 2. The summed E-state index contributed by atoms with van der Waals surface area (Å²) in [5.74, 6) is -0.328. The van der Waals surface area contributed by atoms with Gasteiger partial charge in [-0.2, -0.15) is 5.26 Å². The molecule has 8 heteroatoms. The smallest absolute Gasteiger partial charge is 0.323 e. The number of carbonyl (C=O) groups is 3. The molecule has 2 N–H and O–H groups in total. The lowest BCUT2D eigenvalue weighted by molar-refractivity contribution is -0.131. The van der Waals surface area contributed by atoms with Gasteiger partial charge < -0.3 is 10.6 Å². The van der Waals surface area contributed by atoms with Crippen LogP contribution in [0.1, 0.15) is 67.4 Å². The average molecular weight is 401 g/mol. The molecule has 28 heavy (non-hydrogen) atoms. The first-order chi connectivity index (χ1) is 13.5. The van der Waals surface area contributed by atoms with Crippen molar-refractivity contribution in [3.05, 3.63) is 16.0 Å². The third-order valence-electron chi connectivity index (χ3n) is 6.02. The molecule has 4 rings (SSSR count). The van der Waals surface area contributed by atoms with Crippen LogP contribution in [0.25, 0.3) is 0 Å². The van der Waals surface area contributed by atoms with Gasteiger partial charge in [0.1, 0.15) is 16.6 Å². The summed E-state index contributed by atoms with van der Waals surface area (Å²) in [5.41, 5.74) is 0.998. The first-order valence-electron chi connectivity index (χ1n) is 10.0. The maximum atomic E-state index is 12.6. The summed E-state index contributed by atoms with van der Waals surface area (Å²) in [6, 6.07) is 1.90. The lowest BCUT2D eigenvalue weighted by Crippen LogP contribution is -2.44. The predicted octanol–water partition coefficient (Wildman–Crippen LogP) is 3.08. The third-order valence-corrected chi connectivity index (χ3v) is 7.23. The summed E-state index contributed by atoms with van der Waals surface area (Å²) in [6.07, 6.45) is 8.01. The third kappa shape index (κ3) is 3.28. The second kappa shape index (κ2) is 7.55. The van der Waals surface area contributed by atoms with E-state index in [1.807, 2.05) is 0 Å². The van der Waals surface area contributed by atoms with Crippen LogP contribution in [-0.2, 0) is 22.4 Å². The molecule has 0 aromatic carbocycles. The summed E-state index contributed by atoms with van der Waals surface area (Å²) >= 11 is 1.50. The zero-order valence-electron chi connectivity index (χ0n) is 15.8. The van der Waals surface area contributed by atoms with Gasteiger partial charge in [-0.25, -0.2) is 4.79 Å². The topological polar surface area (TPSA) is 102 Å². The first kappa shape index (κ1) is 18.9. The van der Waals surface area contributed by atoms with Gasteiger partial charge in [0.15, 0.2) is 0 Å². The van der Waals surface area contributed by atoms with E-state index in [0.29, 0.717) is 29.8 Å². The van der Waals surface area contributed by atoms with E-state index in [1.165, 1.54) is 21.1 Å². The van der Waals surface area contributed by atoms with Crippen LogP contribution in [-0.4, -0.2) is 34.8 Å². The van der Waals surface area contributed by atoms with Crippen LogP contribution in [0.15, 0.2) is 0 Å². The van der Waals surface area contributed by atoms with Crippen molar-refractivity contribution in [2.24, 2.45) is 0 Å². The quantitative estimate of drug-likeness (QED) is 0.742. The van der Waals surface area contributed by atoms with E-state index < -0.39 is 5.54 Å². The Balaban J connectivity index is 1.32. The van der Waals surface area contributed by atoms with Crippen molar-refractivity contribution in [2.75, 3.05) is 11.9 Å². The number of aryl methyl sites for hydroxylation is 1. The SMILES string of the molecule is N#Cc1c(NC(=O)CCCN2C(=O)NC3(CCCC3)C2=O)sc2c1CCCC2. The zero-order chi connectivity index (χ0) is 19.7. The van der Waals surface area contributed by atoms with Gasteiger partial charge in [0.05, 0.1) is 5.56 Å². The van der Waals surface area contributed by atoms with Gasteiger partial charge in [0.2, 0.25) is 5.91 Å². The van der Waals surface area contributed by atoms with Crippen molar-refractivity contribution < 1.29 is 14.4 Å². The molecule has 7 nitrogen and oxygen atoms in total.